The lowest BCUT2D eigenvalue weighted by atomic mass is 10.0. The summed E-state index contributed by atoms with van der Waals surface area (Å²) in [5, 5.41) is 3.11. The zero-order valence-electron chi connectivity index (χ0n) is 15.2. The third kappa shape index (κ3) is 4.36. The smallest absolute Gasteiger partial charge is 0.322 e. The first kappa shape index (κ1) is 20.3. The van der Waals surface area contributed by atoms with Crippen LogP contribution in [0.2, 0.25) is 0 Å². The van der Waals surface area contributed by atoms with Crippen molar-refractivity contribution in [3.05, 3.63) is 68.9 Å². The average molecular weight is 412 g/mol. The lowest BCUT2D eigenvalue weighted by Gasteiger charge is -2.24. The summed E-state index contributed by atoms with van der Waals surface area (Å²) < 4.78 is 63.6. The van der Waals surface area contributed by atoms with Crippen molar-refractivity contribution in [3.63, 3.8) is 0 Å². The second kappa shape index (κ2) is 7.21. The number of sulfone groups is 1. The van der Waals surface area contributed by atoms with Crippen molar-refractivity contribution in [2.45, 2.75) is 32.1 Å². The molecule has 0 saturated heterocycles. The molecule has 2 unspecified atom stereocenters. The maximum Gasteiger partial charge on any atom is 0.408 e. The van der Waals surface area contributed by atoms with Gasteiger partial charge in [-0.15, -0.1) is 0 Å². The number of rotatable bonds is 4. The van der Waals surface area contributed by atoms with E-state index >= 15 is 0 Å². The molecule has 1 aromatic carbocycles. The van der Waals surface area contributed by atoms with Gasteiger partial charge in [-0.2, -0.15) is 13.2 Å². The van der Waals surface area contributed by atoms with E-state index in [1.165, 1.54) is 6.07 Å². The summed E-state index contributed by atoms with van der Waals surface area (Å²) in [7, 11) is -3.53. The molecule has 0 saturated carbocycles. The summed E-state index contributed by atoms with van der Waals surface area (Å²) in [6.45, 7) is 3.83. The van der Waals surface area contributed by atoms with Gasteiger partial charge < -0.3 is 4.98 Å². The molecule has 0 fully saturated rings. The summed E-state index contributed by atoms with van der Waals surface area (Å²) in [5.41, 5.74) is 1.75. The Hall–Kier alpha value is -2.39. The van der Waals surface area contributed by atoms with Crippen LogP contribution in [0.15, 0.2) is 46.6 Å². The van der Waals surface area contributed by atoms with Crippen molar-refractivity contribution >= 4 is 9.84 Å². The van der Waals surface area contributed by atoms with E-state index in [0.29, 0.717) is 11.3 Å². The van der Waals surface area contributed by atoms with E-state index in [1.807, 2.05) is 26.0 Å². The molecule has 2 N–H and O–H groups in total. The zero-order valence-corrected chi connectivity index (χ0v) is 16.0. The van der Waals surface area contributed by atoms with Crippen molar-refractivity contribution in [2.75, 3.05) is 5.75 Å². The number of H-pyrrole nitrogens is 1. The molecule has 3 rings (SSSR count). The summed E-state index contributed by atoms with van der Waals surface area (Å²) in [6, 6.07) is 4.73. The van der Waals surface area contributed by atoms with E-state index < -0.39 is 45.0 Å². The van der Waals surface area contributed by atoms with Crippen LogP contribution in [0.3, 0.4) is 0 Å². The first-order valence-electron chi connectivity index (χ1n) is 8.51. The lowest BCUT2D eigenvalue weighted by molar-refractivity contribution is -0.158. The van der Waals surface area contributed by atoms with Crippen molar-refractivity contribution in [1.82, 2.24) is 10.3 Å². The number of hydrogen-bond acceptors (Lipinski definition) is 4. The SMILES string of the molecule is Cc1ccc(-c2ccc(C(NC3C=CS(=O)(=O)C3)C(F)(F)F)c(=O)[nH]2)cc1C. The molecule has 2 heterocycles. The minimum absolute atomic E-state index is 0.404. The molecule has 1 aliphatic heterocycles. The van der Waals surface area contributed by atoms with Crippen molar-refractivity contribution in [3.8, 4) is 11.3 Å². The molecule has 28 heavy (non-hydrogen) atoms. The van der Waals surface area contributed by atoms with E-state index in [9.17, 15) is 26.4 Å². The van der Waals surface area contributed by atoms with Gasteiger partial charge in [-0.05, 0) is 48.7 Å². The maximum atomic E-state index is 13.6. The molecule has 1 aliphatic rings. The van der Waals surface area contributed by atoms with Gasteiger partial charge in [0, 0.05) is 22.7 Å². The Balaban J connectivity index is 1.94. The molecular formula is C19H19F3N2O3S. The first-order valence-corrected chi connectivity index (χ1v) is 10.2. The van der Waals surface area contributed by atoms with Gasteiger partial charge in [-0.25, -0.2) is 8.42 Å². The normalized spacial score (nSPS) is 19.7. The van der Waals surface area contributed by atoms with Gasteiger partial charge in [0.25, 0.3) is 5.56 Å². The van der Waals surface area contributed by atoms with Crippen LogP contribution in [0.1, 0.15) is 22.7 Å². The summed E-state index contributed by atoms with van der Waals surface area (Å²) in [4.78, 5) is 14.9. The molecular weight excluding hydrogens is 393 g/mol. The van der Waals surface area contributed by atoms with Crippen LogP contribution in [0.5, 0.6) is 0 Å². The van der Waals surface area contributed by atoms with Crippen LogP contribution in [-0.4, -0.2) is 31.4 Å². The number of aromatic amines is 1. The Morgan fingerprint density at radius 1 is 1.14 bits per heavy atom. The second-order valence-corrected chi connectivity index (χ2v) is 8.79. The summed E-state index contributed by atoms with van der Waals surface area (Å²) in [6.07, 6.45) is -3.61. The molecule has 150 valence electrons. The third-order valence-corrected chi connectivity index (χ3v) is 6.10. The van der Waals surface area contributed by atoms with Crippen molar-refractivity contribution in [2.24, 2.45) is 0 Å². The minimum atomic E-state index is -4.77. The highest BCUT2D eigenvalue weighted by Crippen LogP contribution is 2.32. The molecule has 1 aromatic heterocycles. The molecule has 9 heteroatoms. The Bertz CT molecular complexity index is 1090. The molecule has 5 nitrogen and oxygen atoms in total. The molecule has 0 aliphatic carbocycles. The number of benzene rings is 1. The van der Waals surface area contributed by atoms with Crippen LogP contribution in [0.25, 0.3) is 11.3 Å². The van der Waals surface area contributed by atoms with Gasteiger partial charge in [0.05, 0.1) is 5.75 Å². The highest BCUT2D eigenvalue weighted by atomic mass is 32.2. The number of aromatic nitrogens is 1. The van der Waals surface area contributed by atoms with Gasteiger partial charge in [0.2, 0.25) is 0 Å². The predicted molar refractivity (Wildman–Crippen MR) is 101 cm³/mol. The fourth-order valence-corrected chi connectivity index (χ4v) is 4.29. The molecule has 0 amide bonds. The van der Waals surface area contributed by atoms with E-state index in [-0.39, 0.29) is 0 Å². The fraction of sp³-hybridized carbons (Fsp3) is 0.316. The summed E-state index contributed by atoms with van der Waals surface area (Å²) >= 11 is 0. The van der Waals surface area contributed by atoms with Gasteiger partial charge in [-0.1, -0.05) is 18.2 Å². The third-order valence-electron chi connectivity index (χ3n) is 4.71. The average Bonchev–Trinajstić information content (AvgIpc) is 2.93. The predicted octanol–water partition coefficient (Wildman–Crippen LogP) is 3.16. The highest BCUT2D eigenvalue weighted by Gasteiger charge is 2.44. The van der Waals surface area contributed by atoms with Gasteiger partial charge in [0.1, 0.15) is 6.04 Å². The summed E-state index contributed by atoms with van der Waals surface area (Å²) in [5.74, 6) is -0.474. The molecule has 0 radical (unpaired) electrons. The Morgan fingerprint density at radius 2 is 1.86 bits per heavy atom. The molecule has 2 atom stereocenters. The lowest BCUT2D eigenvalue weighted by Crippen LogP contribution is -2.43. The van der Waals surface area contributed by atoms with E-state index in [1.54, 1.807) is 6.07 Å². The van der Waals surface area contributed by atoms with E-state index in [4.69, 9.17) is 0 Å². The number of hydrogen-bond donors (Lipinski definition) is 2. The minimum Gasteiger partial charge on any atom is -0.322 e. The highest BCUT2D eigenvalue weighted by molar-refractivity contribution is 7.94. The molecule has 0 bridgehead atoms. The van der Waals surface area contributed by atoms with E-state index in [0.717, 1.165) is 28.7 Å². The van der Waals surface area contributed by atoms with Crippen LogP contribution in [0, 0.1) is 13.8 Å². The number of pyridine rings is 1. The van der Waals surface area contributed by atoms with Gasteiger partial charge >= 0.3 is 6.18 Å². The monoisotopic (exact) mass is 412 g/mol. The van der Waals surface area contributed by atoms with Gasteiger partial charge in [-0.3, -0.25) is 10.1 Å². The van der Waals surface area contributed by atoms with Crippen LogP contribution >= 0.6 is 0 Å². The Morgan fingerprint density at radius 3 is 2.39 bits per heavy atom. The van der Waals surface area contributed by atoms with Crippen LogP contribution in [-0.2, 0) is 9.84 Å². The Labute approximate surface area is 160 Å². The molecule has 0 spiro atoms. The largest absolute Gasteiger partial charge is 0.408 e. The topological polar surface area (TPSA) is 79.0 Å². The maximum absolute atomic E-state index is 13.6. The van der Waals surface area contributed by atoms with E-state index in [2.05, 4.69) is 10.3 Å². The number of nitrogens with one attached hydrogen (secondary N) is 2. The standard InChI is InChI=1S/C19H19F3N2O3S/c1-11-3-4-13(9-12(11)2)16-6-5-15(18(25)24-16)17(19(20,21)22)23-14-7-8-28(26,27)10-14/h3-9,14,17,23H,10H2,1-2H3,(H,24,25). The van der Waals surface area contributed by atoms with Crippen molar-refractivity contribution in [1.29, 1.82) is 0 Å². The first-order chi connectivity index (χ1) is 13.0. The number of alkyl halides is 3. The Kier molecular flexibility index (Phi) is 5.24. The number of aryl methyl sites for hydroxylation is 2. The van der Waals surface area contributed by atoms with Crippen LogP contribution < -0.4 is 10.9 Å². The fourth-order valence-electron chi connectivity index (χ4n) is 3.04. The van der Waals surface area contributed by atoms with Crippen LogP contribution in [0.4, 0.5) is 13.2 Å². The van der Waals surface area contributed by atoms with Crippen molar-refractivity contribution < 1.29 is 21.6 Å². The quantitative estimate of drug-likeness (QED) is 0.809. The second-order valence-electron chi connectivity index (χ2n) is 6.86. The molecule has 2 aromatic rings. The number of halogens is 3. The van der Waals surface area contributed by atoms with Gasteiger partial charge in [0.15, 0.2) is 9.84 Å². The zero-order chi connectivity index (χ0) is 20.7.